The Bertz CT molecular complexity index is 593. The highest BCUT2D eigenvalue weighted by atomic mass is 32.2. The van der Waals surface area contributed by atoms with Crippen molar-refractivity contribution in [3.63, 3.8) is 0 Å². The number of carbonyl (C=O) groups excluding carboxylic acids is 1. The van der Waals surface area contributed by atoms with E-state index in [0.717, 1.165) is 17.9 Å². The summed E-state index contributed by atoms with van der Waals surface area (Å²) in [6.07, 6.45) is 0.0103. The van der Waals surface area contributed by atoms with Crippen LogP contribution in [-0.2, 0) is 9.59 Å². The number of thioether (sulfide) groups is 1. The summed E-state index contributed by atoms with van der Waals surface area (Å²) in [5.74, 6) is -2.01. The Morgan fingerprint density at radius 1 is 1.46 bits per heavy atom. The third-order valence-corrected chi connectivity index (χ3v) is 6.96. The predicted octanol–water partition coefficient (Wildman–Crippen LogP) is -0.0617. The van der Waals surface area contributed by atoms with Crippen molar-refractivity contribution < 1.29 is 24.9 Å². The lowest BCUT2D eigenvalue weighted by Gasteiger charge is -2.46. The highest BCUT2D eigenvalue weighted by Crippen LogP contribution is 2.52. The molecule has 134 valence electrons. The van der Waals surface area contributed by atoms with Crippen LogP contribution in [0.4, 0.5) is 0 Å². The third-order valence-electron chi connectivity index (χ3n) is 5.47. The zero-order valence-electron chi connectivity index (χ0n) is 14.0. The Balaban J connectivity index is 1.84. The maximum Gasteiger partial charge on any atom is 0.353 e. The van der Waals surface area contributed by atoms with Gasteiger partial charge in [0.25, 0.3) is 0 Å². The third kappa shape index (κ3) is 2.56. The Labute approximate surface area is 145 Å². The fourth-order valence-corrected chi connectivity index (χ4v) is 5.82. The van der Waals surface area contributed by atoms with Crippen LogP contribution >= 0.6 is 11.8 Å². The van der Waals surface area contributed by atoms with E-state index in [1.54, 1.807) is 6.92 Å². The van der Waals surface area contributed by atoms with Crippen LogP contribution in [0, 0.1) is 11.8 Å². The first kappa shape index (κ1) is 17.7. The fourth-order valence-electron chi connectivity index (χ4n) is 4.19. The number of aliphatic hydroxyl groups is 2. The van der Waals surface area contributed by atoms with Crippen molar-refractivity contribution in [2.45, 2.75) is 43.7 Å². The van der Waals surface area contributed by atoms with Crippen LogP contribution in [0.25, 0.3) is 0 Å². The molecule has 2 saturated heterocycles. The zero-order valence-corrected chi connectivity index (χ0v) is 14.9. The molecule has 1 unspecified atom stereocenters. The molecule has 3 rings (SSSR count). The summed E-state index contributed by atoms with van der Waals surface area (Å²) in [5.41, 5.74) is 0.0782. The van der Waals surface area contributed by atoms with E-state index in [-0.39, 0.29) is 41.5 Å². The monoisotopic (exact) mass is 356 g/mol. The average Bonchev–Trinajstić information content (AvgIpc) is 2.96. The van der Waals surface area contributed by atoms with E-state index in [1.807, 2.05) is 14.0 Å². The fraction of sp³-hybridized carbons (Fsp3) is 0.750. The van der Waals surface area contributed by atoms with Crippen LogP contribution in [0.15, 0.2) is 10.6 Å². The lowest BCUT2D eigenvalue weighted by atomic mass is 9.79. The number of rotatable bonds is 5. The highest BCUT2D eigenvalue weighted by Gasteiger charge is 2.60. The van der Waals surface area contributed by atoms with E-state index in [2.05, 4.69) is 4.90 Å². The number of aliphatic hydroxyl groups excluding tert-OH is 2. The molecular weight excluding hydrogens is 332 g/mol. The first-order valence-corrected chi connectivity index (χ1v) is 9.12. The molecule has 8 heteroatoms. The van der Waals surface area contributed by atoms with Gasteiger partial charge in [-0.25, -0.2) is 4.79 Å². The summed E-state index contributed by atoms with van der Waals surface area (Å²) in [7, 11) is 1.95. The number of carboxylic acid groups (broad SMARTS) is 1. The van der Waals surface area contributed by atoms with Crippen LogP contribution in [0.3, 0.4) is 0 Å². The van der Waals surface area contributed by atoms with Crippen molar-refractivity contribution in [3.05, 3.63) is 10.6 Å². The lowest BCUT2D eigenvalue weighted by Crippen LogP contribution is -2.63. The molecule has 3 aliphatic heterocycles. The topological polar surface area (TPSA) is 101 Å². The minimum atomic E-state index is -1.09. The molecule has 0 aromatic carbocycles. The van der Waals surface area contributed by atoms with Gasteiger partial charge in [0.1, 0.15) is 5.70 Å². The number of fused-ring (bicyclic) bond motifs is 1. The van der Waals surface area contributed by atoms with Crippen molar-refractivity contribution in [2.24, 2.45) is 11.8 Å². The molecule has 3 heterocycles. The molecule has 1 amide bonds. The number of carboxylic acids is 1. The largest absolute Gasteiger partial charge is 0.477 e. The molecule has 6 atom stereocenters. The van der Waals surface area contributed by atoms with Gasteiger partial charge < -0.3 is 20.2 Å². The van der Waals surface area contributed by atoms with Crippen LogP contribution < -0.4 is 0 Å². The molecule has 3 aliphatic rings. The zero-order chi connectivity index (χ0) is 17.8. The van der Waals surface area contributed by atoms with E-state index in [9.17, 15) is 24.9 Å². The maximum atomic E-state index is 12.3. The number of aliphatic carboxylic acids is 1. The molecular formula is C16H24N2O5S. The first-order chi connectivity index (χ1) is 11.3. The van der Waals surface area contributed by atoms with E-state index >= 15 is 0 Å². The van der Waals surface area contributed by atoms with E-state index in [0.29, 0.717) is 0 Å². The number of β-lactam (4-membered cyclic amide) rings is 1. The van der Waals surface area contributed by atoms with Crippen LogP contribution in [0.1, 0.15) is 20.3 Å². The van der Waals surface area contributed by atoms with Crippen LogP contribution in [0.2, 0.25) is 0 Å². The second-order valence-corrected chi connectivity index (χ2v) is 8.37. The van der Waals surface area contributed by atoms with Crippen LogP contribution in [-0.4, -0.2) is 80.6 Å². The van der Waals surface area contributed by atoms with E-state index in [1.165, 1.54) is 16.7 Å². The van der Waals surface area contributed by atoms with Crippen molar-refractivity contribution >= 4 is 23.6 Å². The van der Waals surface area contributed by atoms with Crippen LogP contribution in [0.5, 0.6) is 0 Å². The number of likely N-dealkylation sites (tertiary alicyclic amines) is 1. The van der Waals surface area contributed by atoms with E-state index < -0.39 is 18.0 Å². The number of hydrogen-bond acceptors (Lipinski definition) is 6. The molecule has 2 fully saturated rings. The van der Waals surface area contributed by atoms with Gasteiger partial charge >= 0.3 is 5.97 Å². The second-order valence-electron chi connectivity index (χ2n) is 7.02. The van der Waals surface area contributed by atoms with Gasteiger partial charge in [0.15, 0.2) is 0 Å². The van der Waals surface area contributed by atoms with Crippen molar-refractivity contribution in [3.8, 4) is 0 Å². The smallest absolute Gasteiger partial charge is 0.353 e. The van der Waals surface area contributed by atoms with Gasteiger partial charge in [-0.05, 0) is 20.4 Å². The Kier molecular flexibility index (Phi) is 4.67. The number of amides is 1. The predicted molar refractivity (Wildman–Crippen MR) is 89.1 cm³/mol. The second kappa shape index (κ2) is 6.33. The minimum Gasteiger partial charge on any atom is -0.477 e. The van der Waals surface area contributed by atoms with Gasteiger partial charge in [0.2, 0.25) is 5.91 Å². The summed E-state index contributed by atoms with van der Waals surface area (Å²) in [5, 5.41) is 29.0. The van der Waals surface area contributed by atoms with Gasteiger partial charge in [-0.3, -0.25) is 9.69 Å². The summed E-state index contributed by atoms with van der Waals surface area (Å²) in [6, 6.07) is -0.171. The van der Waals surface area contributed by atoms with Crippen molar-refractivity contribution in [2.75, 3.05) is 20.2 Å². The molecule has 0 aromatic rings. The minimum absolute atomic E-state index is 0.0782. The molecule has 0 bridgehead atoms. The van der Waals surface area contributed by atoms with Gasteiger partial charge in [-0.2, -0.15) is 0 Å². The number of likely N-dealkylation sites (N-methyl/N-ethyl adjacent to an activating group) is 1. The first-order valence-electron chi connectivity index (χ1n) is 8.24. The molecule has 0 radical (unpaired) electrons. The molecule has 0 saturated carbocycles. The number of hydrogen-bond donors (Lipinski definition) is 3. The Morgan fingerprint density at radius 2 is 2.12 bits per heavy atom. The quantitative estimate of drug-likeness (QED) is 0.593. The summed E-state index contributed by atoms with van der Waals surface area (Å²) in [6.45, 7) is 4.37. The summed E-state index contributed by atoms with van der Waals surface area (Å²) < 4.78 is 0. The maximum absolute atomic E-state index is 12.3. The van der Waals surface area contributed by atoms with Crippen molar-refractivity contribution in [1.29, 1.82) is 0 Å². The lowest BCUT2D eigenvalue weighted by molar-refractivity contribution is -0.163. The summed E-state index contributed by atoms with van der Waals surface area (Å²) >= 11 is 1.52. The standard InChI is InChI=1S/C16H24N2O5S/c1-7-12-11(8(2)20)15(21)18(12)13(16(22)23)14(7)24-10-4-9(6-19)17(3)5-10/h7-12,19-20H,4-6H2,1-3H3,(H,22,23)/t7-,8?,9+,10+,11-,12-/m1/s1. The van der Waals surface area contributed by atoms with Gasteiger partial charge in [0, 0.05) is 28.7 Å². The Morgan fingerprint density at radius 3 is 2.62 bits per heavy atom. The normalized spacial score (nSPS) is 37.6. The molecule has 0 aliphatic carbocycles. The molecule has 7 nitrogen and oxygen atoms in total. The molecule has 24 heavy (non-hydrogen) atoms. The number of nitrogens with zero attached hydrogens (tertiary/aromatic N) is 2. The van der Waals surface area contributed by atoms with Crippen molar-refractivity contribution in [1.82, 2.24) is 9.80 Å². The molecule has 3 N–H and O–H groups in total. The SMILES string of the molecule is CC(O)[C@H]1C(=O)N2C(C(=O)O)=C(S[C@H]3C[C@@H](CO)N(C)C3)[C@H](C)[C@H]12. The average molecular weight is 356 g/mol. The Hall–Kier alpha value is -1.09. The highest BCUT2D eigenvalue weighted by molar-refractivity contribution is 8.03. The molecule has 0 aromatic heterocycles. The van der Waals surface area contributed by atoms with Gasteiger partial charge in [0.05, 0.1) is 24.7 Å². The van der Waals surface area contributed by atoms with E-state index in [4.69, 9.17) is 0 Å². The van der Waals surface area contributed by atoms with Gasteiger partial charge in [-0.15, -0.1) is 11.8 Å². The van der Waals surface area contributed by atoms with Gasteiger partial charge in [-0.1, -0.05) is 6.92 Å². The molecule has 0 spiro atoms. The number of carbonyl (C=O) groups is 2. The summed E-state index contributed by atoms with van der Waals surface area (Å²) in [4.78, 5) is 28.2.